The van der Waals surface area contributed by atoms with Gasteiger partial charge in [0.1, 0.15) is 10.8 Å². The van der Waals surface area contributed by atoms with E-state index in [1.165, 1.54) is 13.8 Å². The quantitative estimate of drug-likeness (QED) is 0.734. The maximum Gasteiger partial charge on any atom is 0.326 e. The van der Waals surface area contributed by atoms with Crippen molar-refractivity contribution in [2.24, 2.45) is 5.92 Å². The molecule has 0 heterocycles. The van der Waals surface area contributed by atoms with E-state index in [1.807, 2.05) is 0 Å². The first-order valence-corrected chi connectivity index (χ1v) is 7.57. The summed E-state index contributed by atoms with van der Waals surface area (Å²) in [6, 6.07) is -1.08. The first-order chi connectivity index (χ1) is 7.95. The molecule has 0 rings (SSSR count). The molecule has 0 aromatic rings. The summed E-state index contributed by atoms with van der Waals surface area (Å²) in [5, 5.41) is 11.3. The van der Waals surface area contributed by atoms with E-state index in [1.54, 1.807) is 13.8 Å². The van der Waals surface area contributed by atoms with E-state index in [0.29, 0.717) is 6.42 Å². The second-order valence-electron chi connectivity index (χ2n) is 4.96. The van der Waals surface area contributed by atoms with E-state index in [4.69, 9.17) is 5.11 Å². The summed E-state index contributed by atoms with van der Waals surface area (Å²) >= 11 is 0. The topological polar surface area (TPSA) is 101 Å². The Morgan fingerprint density at radius 3 is 2.06 bits per heavy atom. The molecular formula is C11H21NO5S. The second kappa shape index (κ2) is 5.69. The second-order valence-corrected chi connectivity index (χ2v) is 7.52. The minimum absolute atomic E-state index is 0.276. The fraction of sp³-hybridized carbons (Fsp3) is 0.818. The van der Waals surface area contributed by atoms with Crippen LogP contribution in [0.4, 0.5) is 0 Å². The number of carboxylic acid groups (broad SMARTS) is 1. The fourth-order valence-electron chi connectivity index (χ4n) is 1.17. The van der Waals surface area contributed by atoms with Crippen molar-refractivity contribution < 1.29 is 23.1 Å². The molecule has 0 spiro atoms. The van der Waals surface area contributed by atoms with Crippen LogP contribution >= 0.6 is 0 Å². The highest BCUT2D eigenvalue weighted by Gasteiger charge is 2.40. The number of hydrogen-bond acceptors (Lipinski definition) is 4. The Morgan fingerprint density at radius 1 is 1.33 bits per heavy atom. The molecule has 0 aliphatic carbocycles. The molecular weight excluding hydrogens is 258 g/mol. The lowest BCUT2D eigenvalue weighted by molar-refractivity contribution is -0.143. The summed E-state index contributed by atoms with van der Waals surface area (Å²) in [6.07, 6.45) is 1.52. The number of rotatable bonds is 6. The van der Waals surface area contributed by atoms with Crippen molar-refractivity contribution in [1.29, 1.82) is 0 Å². The third kappa shape index (κ3) is 3.69. The van der Waals surface area contributed by atoms with Gasteiger partial charge in [0.05, 0.1) is 0 Å². The number of carboxylic acids is 1. The Kier molecular flexibility index (Phi) is 5.34. The van der Waals surface area contributed by atoms with Crippen LogP contribution in [0.2, 0.25) is 0 Å². The van der Waals surface area contributed by atoms with E-state index in [-0.39, 0.29) is 5.92 Å². The third-order valence-corrected chi connectivity index (χ3v) is 5.28. The Morgan fingerprint density at radius 2 is 1.78 bits per heavy atom. The molecule has 106 valence electrons. The van der Waals surface area contributed by atoms with Gasteiger partial charge in [-0.3, -0.25) is 4.79 Å². The average Bonchev–Trinajstić information content (AvgIpc) is 2.22. The summed E-state index contributed by atoms with van der Waals surface area (Å²) in [6.45, 7) is 6.00. The van der Waals surface area contributed by atoms with Gasteiger partial charge in [0.25, 0.3) is 0 Å². The van der Waals surface area contributed by atoms with Gasteiger partial charge in [-0.15, -0.1) is 0 Å². The van der Waals surface area contributed by atoms with Gasteiger partial charge in [-0.1, -0.05) is 20.3 Å². The molecule has 6 nitrogen and oxygen atoms in total. The predicted octanol–water partition coefficient (Wildman–Crippen LogP) is 0.425. The van der Waals surface area contributed by atoms with Crippen molar-refractivity contribution in [2.75, 3.05) is 6.26 Å². The van der Waals surface area contributed by atoms with E-state index in [0.717, 1.165) is 6.26 Å². The monoisotopic (exact) mass is 279 g/mol. The largest absolute Gasteiger partial charge is 0.480 e. The lowest BCUT2D eigenvalue weighted by Gasteiger charge is -2.26. The van der Waals surface area contributed by atoms with Crippen LogP contribution in [-0.2, 0) is 19.4 Å². The van der Waals surface area contributed by atoms with Gasteiger partial charge in [0.2, 0.25) is 5.91 Å². The van der Waals surface area contributed by atoms with Crippen LogP contribution in [0.5, 0.6) is 0 Å². The zero-order valence-corrected chi connectivity index (χ0v) is 12.2. The molecule has 0 radical (unpaired) electrons. The molecule has 7 heteroatoms. The summed E-state index contributed by atoms with van der Waals surface area (Å²) in [5.74, 6) is -2.23. The molecule has 0 aliphatic heterocycles. The maximum absolute atomic E-state index is 11.9. The van der Waals surface area contributed by atoms with Crippen molar-refractivity contribution in [3.05, 3.63) is 0 Å². The Bertz CT molecular complexity index is 427. The van der Waals surface area contributed by atoms with Crippen molar-refractivity contribution in [3.63, 3.8) is 0 Å². The summed E-state index contributed by atoms with van der Waals surface area (Å²) in [4.78, 5) is 22.9. The van der Waals surface area contributed by atoms with Gasteiger partial charge in [0, 0.05) is 6.26 Å². The van der Waals surface area contributed by atoms with Crippen LogP contribution in [0.15, 0.2) is 0 Å². The highest BCUT2D eigenvalue weighted by atomic mass is 32.2. The number of nitrogens with one attached hydrogen (secondary N) is 1. The van der Waals surface area contributed by atoms with Crippen molar-refractivity contribution in [3.8, 4) is 0 Å². The van der Waals surface area contributed by atoms with Gasteiger partial charge in [-0.05, 0) is 19.8 Å². The minimum Gasteiger partial charge on any atom is -0.480 e. The van der Waals surface area contributed by atoms with Crippen LogP contribution < -0.4 is 5.32 Å². The van der Waals surface area contributed by atoms with E-state index in [2.05, 4.69) is 5.32 Å². The number of aliphatic carboxylic acids is 1. The average molecular weight is 279 g/mol. The van der Waals surface area contributed by atoms with Crippen LogP contribution in [0.3, 0.4) is 0 Å². The van der Waals surface area contributed by atoms with Crippen LogP contribution in [0.25, 0.3) is 0 Å². The van der Waals surface area contributed by atoms with E-state index >= 15 is 0 Å². The molecule has 1 amide bonds. The molecule has 2 N–H and O–H groups in total. The first-order valence-electron chi connectivity index (χ1n) is 5.68. The van der Waals surface area contributed by atoms with Crippen LogP contribution in [0, 0.1) is 5.92 Å². The Labute approximate surface area is 108 Å². The molecule has 18 heavy (non-hydrogen) atoms. The van der Waals surface area contributed by atoms with Crippen LogP contribution in [-0.4, -0.2) is 42.4 Å². The summed E-state index contributed by atoms with van der Waals surface area (Å²) in [7, 11) is -3.61. The van der Waals surface area contributed by atoms with Gasteiger partial charge >= 0.3 is 5.97 Å². The molecule has 0 aliphatic rings. The maximum atomic E-state index is 11.9. The number of amides is 1. The molecule has 2 atom stereocenters. The highest BCUT2D eigenvalue weighted by molar-refractivity contribution is 7.92. The molecule has 0 saturated carbocycles. The molecule has 2 unspecified atom stereocenters. The number of hydrogen-bond donors (Lipinski definition) is 2. The van der Waals surface area contributed by atoms with Gasteiger partial charge in [-0.25, -0.2) is 13.2 Å². The standard InChI is InChI=1S/C11H21NO5S/c1-6-7(2)8(9(13)14)12-10(15)11(3,4)18(5,16)17/h7-8H,6H2,1-5H3,(H,12,15)(H,13,14). The van der Waals surface area contributed by atoms with Crippen molar-refractivity contribution in [2.45, 2.75) is 44.9 Å². The van der Waals surface area contributed by atoms with Gasteiger partial charge in [0.15, 0.2) is 9.84 Å². The molecule has 0 saturated heterocycles. The number of carbonyl (C=O) groups excluding carboxylic acids is 1. The summed E-state index contributed by atoms with van der Waals surface area (Å²) < 4.78 is 21.3. The number of carbonyl (C=O) groups is 2. The third-order valence-electron chi connectivity index (χ3n) is 3.24. The molecule has 0 aromatic heterocycles. The van der Waals surface area contributed by atoms with E-state index in [9.17, 15) is 18.0 Å². The minimum atomic E-state index is -3.61. The predicted molar refractivity (Wildman–Crippen MR) is 67.9 cm³/mol. The normalized spacial score (nSPS) is 15.8. The Balaban J connectivity index is 5.10. The first kappa shape index (κ1) is 16.9. The Hall–Kier alpha value is -1.11. The van der Waals surface area contributed by atoms with E-state index < -0.39 is 32.5 Å². The number of sulfone groups is 1. The van der Waals surface area contributed by atoms with Crippen molar-refractivity contribution in [1.82, 2.24) is 5.32 Å². The zero-order chi connectivity index (χ0) is 14.7. The van der Waals surface area contributed by atoms with Gasteiger partial charge in [-0.2, -0.15) is 0 Å². The van der Waals surface area contributed by atoms with Gasteiger partial charge < -0.3 is 10.4 Å². The molecule has 0 bridgehead atoms. The highest BCUT2D eigenvalue weighted by Crippen LogP contribution is 2.17. The van der Waals surface area contributed by atoms with Crippen molar-refractivity contribution >= 4 is 21.7 Å². The fourth-order valence-corrected chi connectivity index (χ4v) is 1.56. The van der Waals surface area contributed by atoms with Crippen LogP contribution in [0.1, 0.15) is 34.1 Å². The lowest BCUT2D eigenvalue weighted by atomic mass is 9.98. The SMILES string of the molecule is CCC(C)C(NC(=O)C(C)(C)S(C)(=O)=O)C(=O)O. The molecule has 0 fully saturated rings. The zero-order valence-electron chi connectivity index (χ0n) is 11.4. The summed E-state index contributed by atoms with van der Waals surface area (Å²) in [5.41, 5.74) is 0. The lowest BCUT2D eigenvalue weighted by Crippen LogP contribution is -2.54. The molecule has 0 aromatic carbocycles. The smallest absolute Gasteiger partial charge is 0.326 e.